The summed E-state index contributed by atoms with van der Waals surface area (Å²) in [7, 11) is 0. The Labute approximate surface area is 131 Å². The molecule has 3 aliphatic rings. The van der Waals surface area contributed by atoms with Crippen LogP contribution in [0.15, 0.2) is 35.6 Å². The van der Waals surface area contributed by atoms with Gasteiger partial charge in [-0.25, -0.2) is 4.79 Å². The highest BCUT2D eigenvalue weighted by Crippen LogP contribution is 2.26. The fourth-order valence-corrected chi connectivity index (χ4v) is 2.63. The zero-order valence-corrected chi connectivity index (χ0v) is 13.4. The van der Waals surface area contributed by atoms with Crippen LogP contribution >= 0.6 is 0 Å². The largest absolute Gasteiger partial charge is 0.492 e. The molecule has 0 bridgehead atoms. The van der Waals surface area contributed by atoms with E-state index in [0.717, 1.165) is 37.5 Å². The van der Waals surface area contributed by atoms with Crippen LogP contribution in [0.5, 0.6) is 0 Å². The smallest absolute Gasteiger partial charge is 0.418 e. The van der Waals surface area contributed by atoms with Gasteiger partial charge in [-0.05, 0) is 20.8 Å². The van der Waals surface area contributed by atoms with E-state index in [0.29, 0.717) is 6.61 Å². The first-order chi connectivity index (χ1) is 10.4. The number of carbonyl (C=O) groups is 1. The average Bonchev–Trinajstić information content (AvgIpc) is 2.63. The first-order valence-electron chi connectivity index (χ1n) is 7.64. The van der Waals surface area contributed by atoms with Gasteiger partial charge in [-0.15, -0.1) is 0 Å². The number of ether oxygens (including phenoxy) is 2. The van der Waals surface area contributed by atoms with E-state index in [4.69, 9.17) is 9.47 Å². The molecule has 6 nitrogen and oxygen atoms in total. The van der Waals surface area contributed by atoms with Crippen molar-refractivity contribution < 1.29 is 14.3 Å². The van der Waals surface area contributed by atoms with Crippen molar-refractivity contribution in [2.24, 2.45) is 0 Å². The predicted octanol–water partition coefficient (Wildman–Crippen LogP) is 2.13. The first-order valence-corrected chi connectivity index (χ1v) is 7.64. The highest BCUT2D eigenvalue weighted by atomic mass is 16.6. The van der Waals surface area contributed by atoms with Crippen molar-refractivity contribution >= 4 is 6.09 Å². The molecule has 0 saturated heterocycles. The van der Waals surface area contributed by atoms with Gasteiger partial charge in [0.15, 0.2) is 0 Å². The molecule has 0 atom stereocenters. The summed E-state index contributed by atoms with van der Waals surface area (Å²) >= 11 is 0. The minimum atomic E-state index is -0.507. The van der Waals surface area contributed by atoms with E-state index in [2.05, 4.69) is 10.2 Å². The van der Waals surface area contributed by atoms with Crippen LogP contribution in [-0.2, 0) is 9.47 Å². The molecule has 0 aromatic heterocycles. The van der Waals surface area contributed by atoms with Crippen LogP contribution in [0.1, 0.15) is 27.2 Å². The Bertz CT molecular complexity index is 557. The highest BCUT2D eigenvalue weighted by molar-refractivity contribution is 5.71. The number of nitrogens with one attached hydrogen (secondary N) is 1. The lowest BCUT2D eigenvalue weighted by Gasteiger charge is -2.30. The van der Waals surface area contributed by atoms with Gasteiger partial charge in [0.1, 0.15) is 18.0 Å². The third kappa shape index (κ3) is 3.27. The summed E-state index contributed by atoms with van der Waals surface area (Å²) < 4.78 is 11.3. The molecule has 0 spiro atoms. The lowest BCUT2D eigenvalue weighted by Crippen LogP contribution is -2.35. The molecule has 0 aliphatic carbocycles. The van der Waals surface area contributed by atoms with E-state index in [1.807, 2.05) is 27.0 Å². The molecule has 3 rings (SSSR count). The van der Waals surface area contributed by atoms with Crippen LogP contribution in [0, 0.1) is 0 Å². The number of rotatable bonds is 0. The van der Waals surface area contributed by atoms with Crippen LogP contribution < -0.4 is 5.32 Å². The van der Waals surface area contributed by atoms with E-state index in [-0.39, 0.29) is 6.09 Å². The highest BCUT2D eigenvalue weighted by Gasteiger charge is 2.27. The molecule has 0 unspecified atom stereocenters. The molecule has 0 radical (unpaired) electrons. The number of hydrogen-bond donors (Lipinski definition) is 1. The summed E-state index contributed by atoms with van der Waals surface area (Å²) in [5.41, 5.74) is 1.74. The Morgan fingerprint density at radius 3 is 2.95 bits per heavy atom. The van der Waals surface area contributed by atoms with Crippen LogP contribution in [0.4, 0.5) is 4.79 Å². The summed E-state index contributed by atoms with van der Waals surface area (Å²) in [6.45, 7) is 8.67. The lowest BCUT2D eigenvalue weighted by molar-refractivity contribution is 0.0389. The topological polar surface area (TPSA) is 54.0 Å². The number of nitrogens with zero attached hydrogens (tertiary/aromatic N) is 2. The molecule has 0 saturated carbocycles. The van der Waals surface area contributed by atoms with Crippen molar-refractivity contribution in [3.63, 3.8) is 0 Å². The second-order valence-electron chi connectivity index (χ2n) is 6.68. The normalized spacial score (nSPS) is 21.5. The molecular formula is C16H23N3O3. The summed E-state index contributed by atoms with van der Waals surface area (Å²) in [5.74, 6) is 1.09. The maximum absolute atomic E-state index is 12.2. The quantitative estimate of drug-likeness (QED) is 0.743. The Morgan fingerprint density at radius 2 is 2.18 bits per heavy atom. The monoisotopic (exact) mass is 305 g/mol. The lowest BCUT2D eigenvalue weighted by atomic mass is 10.1. The standard InChI is InChI=1S/C16H23N3O3/c1-16(2,3)22-15(20)19-7-6-18-9-12-8-17-5-4-14(12)21-11-13(18)10-19/h6-7,10,17H,4-5,8-9,11H2,1-3H3. The van der Waals surface area contributed by atoms with Crippen LogP contribution in [0.25, 0.3) is 0 Å². The second-order valence-corrected chi connectivity index (χ2v) is 6.68. The summed E-state index contributed by atoms with van der Waals surface area (Å²) in [6, 6.07) is 0. The summed E-state index contributed by atoms with van der Waals surface area (Å²) in [4.78, 5) is 15.7. The Kier molecular flexibility index (Phi) is 3.87. The van der Waals surface area contributed by atoms with Gasteiger partial charge in [-0.1, -0.05) is 0 Å². The van der Waals surface area contributed by atoms with Gasteiger partial charge in [-0.3, -0.25) is 4.90 Å². The molecule has 120 valence electrons. The van der Waals surface area contributed by atoms with E-state index in [9.17, 15) is 4.79 Å². The third-order valence-corrected chi connectivity index (χ3v) is 3.69. The van der Waals surface area contributed by atoms with Gasteiger partial charge in [0.25, 0.3) is 0 Å². The van der Waals surface area contributed by atoms with Crippen molar-refractivity contribution in [3.8, 4) is 0 Å². The Hall–Kier alpha value is -1.95. The minimum Gasteiger partial charge on any atom is -0.492 e. The molecular weight excluding hydrogens is 282 g/mol. The number of amides is 1. The van der Waals surface area contributed by atoms with Crippen LogP contribution in [-0.4, -0.2) is 47.7 Å². The molecule has 3 heterocycles. The third-order valence-electron chi connectivity index (χ3n) is 3.69. The van der Waals surface area contributed by atoms with Crippen molar-refractivity contribution in [2.75, 3.05) is 26.2 Å². The van der Waals surface area contributed by atoms with Gasteiger partial charge in [0.2, 0.25) is 0 Å². The average molecular weight is 305 g/mol. The molecule has 0 aromatic carbocycles. The Balaban J connectivity index is 1.72. The van der Waals surface area contributed by atoms with Crippen molar-refractivity contribution in [1.82, 2.24) is 15.1 Å². The van der Waals surface area contributed by atoms with Gasteiger partial charge in [-0.2, -0.15) is 0 Å². The molecule has 0 aromatic rings. The maximum Gasteiger partial charge on any atom is 0.418 e. The van der Waals surface area contributed by atoms with Gasteiger partial charge in [0, 0.05) is 50.2 Å². The van der Waals surface area contributed by atoms with Gasteiger partial charge in [0.05, 0.1) is 5.70 Å². The number of fused-ring (bicyclic) bond motifs is 1. The van der Waals surface area contributed by atoms with Gasteiger partial charge >= 0.3 is 6.09 Å². The zero-order valence-electron chi connectivity index (χ0n) is 13.4. The molecule has 1 amide bonds. The SMILES string of the molecule is CC(C)(C)OC(=O)N1C=CN2CC3=C(CCNC3)OCC2=C1. The van der Waals surface area contributed by atoms with Crippen molar-refractivity contribution in [2.45, 2.75) is 32.8 Å². The predicted molar refractivity (Wildman–Crippen MR) is 82.5 cm³/mol. The fourth-order valence-electron chi connectivity index (χ4n) is 2.63. The molecule has 1 N–H and O–H groups in total. The van der Waals surface area contributed by atoms with E-state index < -0.39 is 5.60 Å². The van der Waals surface area contributed by atoms with E-state index >= 15 is 0 Å². The van der Waals surface area contributed by atoms with Crippen LogP contribution in [0.2, 0.25) is 0 Å². The summed E-state index contributed by atoms with van der Waals surface area (Å²) in [5, 5.41) is 3.37. The first kappa shape index (κ1) is 15.0. The van der Waals surface area contributed by atoms with E-state index in [1.165, 1.54) is 10.5 Å². The molecule has 6 heteroatoms. The van der Waals surface area contributed by atoms with Gasteiger partial charge < -0.3 is 19.7 Å². The summed E-state index contributed by atoms with van der Waals surface area (Å²) in [6.07, 6.45) is 5.99. The maximum atomic E-state index is 12.2. The Morgan fingerprint density at radius 1 is 1.36 bits per heavy atom. The van der Waals surface area contributed by atoms with Crippen LogP contribution in [0.3, 0.4) is 0 Å². The zero-order chi connectivity index (χ0) is 15.7. The fraction of sp³-hybridized carbons (Fsp3) is 0.562. The number of hydrogen-bond acceptors (Lipinski definition) is 5. The van der Waals surface area contributed by atoms with Crippen molar-refractivity contribution in [1.29, 1.82) is 0 Å². The molecule has 22 heavy (non-hydrogen) atoms. The molecule has 3 aliphatic heterocycles. The molecule has 0 fully saturated rings. The minimum absolute atomic E-state index is 0.375. The second kappa shape index (κ2) is 5.68. The number of carbonyl (C=O) groups excluding carboxylic acids is 1. The van der Waals surface area contributed by atoms with E-state index in [1.54, 1.807) is 12.4 Å². The van der Waals surface area contributed by atoms with Crippen molar-refractivity contribution in [3.05, 3.63) is 35.6 Å².